The van der Waals surface area contributed by atoms with Crippen LogP contribution in [-0.2, 0) is 0 Å². The van der Waals surface area contributed by atoms with E-state index >= 15 is 0 Å². The van der Waals surface area contributed by atoms with Crippen LogP contribution in [0.15, 0.2) is 30.3 Å². The van der Waals surface area contributed by atoms with Gasteiger partial charge in [-0.15, -0.1) is 0 Å². The fourth-order valence-electron chi connectivity index (χ4n) is 3.06. The Kier molecular flexibility index (Phi) is 3.75. The second kappa shape index (κ2) is 5.53. The molecule has 0 spiro atoms. The molecule has 1 aromatic heterocycles. The molecule has 20 heavy (non-hydrogen) atoms. The molecule has 1 aromatic carbocycles. The summed E-state index contributed by atoms with van der Waals surface area (Å²) in [5.41, 5.74) is 3.78. The van der Waals surface area contributed by atoms with Crippen molar-refractivity contribution in [3.63, 3.8) is 0 Å². The number of nitrogens with zero attached hydrogens (tertiary/aromatic N) is 1. The Labute approximate surface area is 121 Å². The third kappa shape index (κ3) is 2.85. The lowest BCUT2D eigenvalue weighted by Crippen LogP contribution is -2.22. The van der Waals surface area contributed by atoms with Gasteiger partial charge >= 0.3 is 0 Å². The van der Waals surface area contributed by atoms with Crippen molar-refractivity contribution in [2.24, 2.45) is 11.8 Å². The fourth-order valence-corrected chi connectivity index (χ4v) is 3.06. The van der Waals surface area contributed by atoms with Gasteiger partial charge in [-0.25, -0.2) is 0 Å². The third-order valence-electron chi connectivity index (χ3n) is 4.16. The molecule has 1 aliphatic carbocycles. The van der Waals surface area contributed by atoms with E-state index in [9.17, 15) is 0 Å². The predicted octanol–water partition coefficient (Wildman–Crippen LogP) is 3.89. The Morgan fingerprint density at radius 3 is 2.90 bits per heavy atom. The molecule has 2 aromatic rings. The van der Waals surface area contributed by atoms with E-state index < -0.39 is 0 Å². The van der Waals surface area contributed by atoms with Gasteiger partial charge in [0.2, 0.25) is 0 Å². The van der Waals surface area contributed by atoms with E-state index in [0.29, 0.717) is 0 Å². The highest BCUT2D eigenvalue weighted by Crippen LogP contribution is 2.49. The fraction of sp³-hybridized carbons (Fsp3) is 0.500. The van der Waals surface area contributed by atoms with E-state index in [0.717, 1.165) is 42.1 Å². The minimum Gasteiger partial charge on any atom is -0.316 e. The third-order valence-corrected chi connectivity index (χ3v) is 4.16. The minimum absolute atomic E-state index is 0.723. The van der Waals surface area contributed by atoms with Crippen LogP contribution in [0.3, 0.4) is 0 Å². The van der Waals surface area contributed by atoms with E-state index in [4.69, 9.17) is 0 Å². The number of para-hydroxylation sites is 1. The molecule has 2 heteroatoms. The monoisotopic (exact) mass is 268 g/mol. The molecular weight excluding hydrogens is 244 g/mol. The summed E-state index contributed by atoms with van der Waals surface area (Å²) in [6.07, 6.45) is 1.32. The number of hydrogen-bond donors (Lipinski definition) is 1. The molecule has 0 saturated heterocycles. The molecule has 2 atom stereocenters. The van der Waals surface area contributed by atoms with Gasteiger partial charge in [-0.05, 0) is 61.9 Å². The first-order chi connectivity index (χ1) is 9.65. The molecular formula is C18H24N2. The summed E-state index contributed by atoms with van der Waals surface area (Å²) >= 11 is 0. The van der Waals surface area contributed by atoms with Crippen molar-refractivity contribution in [2.75, 3.05) is 13.1 Å². The zero-order valence-electron chi connectivity index (χ0n) is 12.7. The Bertz CT molecular complexity index is 603. The Morgan fingerprint density at radius 2 is 2.10 bits per heavy atom. The number of pyridine rings is 1. The second-order valence-electron chi connectivity index (χ2n) is 6.52. The van der Waals surface area contributed by atoms with Gasteiger partial charge in [0.1, 0.15) is 0 Å². The van der Waals surface area contributed by atoms with E-state index in [1.54, 1.807) is 0 Å². The van der Waals surface area contributed by atoms with Crippen LogP contribution in [0.2, 0.25) is 0 Å². The van der Waals surface area contributed by atoms with E-state index in [1.807, 2.05) is 0 Å². The first-order valence-corrected chi connectivity index (χ1v) is 7.72. The van der Waals surface area contributed by atoms with Crippen LogP contribution in [0.5, 0.6) is 0 Å². The number of nitrogens with one attached hydrogen (secondary N) is 1. The smallest absolute Gasteiger partial charge is 0.0708 e. The van der Waals surface area contributed by atoms with Gasteiger partial charge in [0, 0.05) is 11.1 Å². The lowest BCUT2D eigenvalue weighted by molar-refractivity contribution is 0.533. The predicted molar refractivity (Wildman–Crippen MR) is 85.0 cm³/mol. The molecule has 1 N–H and O–H groups in total. The molecule has 0 aliphatic heterocycles. The van der Waals surface area contributed by atoms with E-state index in [-0.39, 0.29) is 0 Å². The largest absolute Gasteiger partial charge is 0.316 e. The van der Waals surface area contributed by atoms with Crippen LogP contribution in [-0.4, -0.2) is 18.1 Å². The lowest BCUT2D eigenvalue weighted by atomic mass is 10.0. The summed E-state index contributed by atoms with van der Waals surface area (Å²) in [6.45, 7) is 8.90. The molecule has 1 aliphatic rings. The van der Waals surface area contributed by atoms with E-state index in [2.05, 4.69) is 61.4 Å². The average molecular weight is 268 g/mol. The van der Waals surface area contributed by atoms with Gasteiger partial charge in [0.15, 0.2) is 0 Å². The van der Waals surface area contributed by atoms with Crippen molar-refractivity contribution in [1.82, 2.24) is 10.3 Å². The topological polar surface area (TPSA) is 24.9 Å². The maximum atomic E-state index is 4.64. The van der Waals surface area contributed by atoms with E-state index in [1.165, 1.54) is 17.4 Å². The summed E-state index contributed by atoms with van der Waals surface area (Å²) in [5.74, 6) is 2.26. The summed E-state index contributed by atoms with van der Waals surface area (Å²) in [6, 6.07) is 10.8. The standard InChI is InChI=1S/C18H24N2/c1-12(2)10-19-11-14-9-16(14)17-8-13(3)20-18-7-5-4-6-15(17)18/h4-8,12,14,16,19H,9-11H2,1-3H3. The van der Waals surface area contributed by atoms with Crippen LogP contribution >= 0.6 is 0 Å². The summed E-state index contributed by atoms with van der Waals surface area (Å²) in [4.78, 5) is 4.64. The molecule has 2 unspecified atom stereocenters. The quantitative estimate of drug-likeness (QED) is 0.890. The van der Waals surface area contributed by atoms with Crippen LogP contribution in [0.1, 0.15) is 37.4 Å². The maximum Gasteiger partial charge on any atom is 0.0708 e. The molecule has 0 radical (unpaired) electrons. The molecule has 3 rings (SSSR count). The van der Waals surface area contributed by atoms with Gasteiger partial charge in [0.25, 0.3) is 0 Å². The molecule has 2 nitrogen and oxygen atoms in total. The molecule has 106 valence electrons. The lowest BCUT2D eigenvalue weighted by Gasteiger charge is -2.09. The number of aromatic nitrogens is 1. The molecule has 1 heterocycles. The second-order valence-corrected chi connectivity index (χ2v) is 6.52. The van der Waals surface area contributed by atoms with Crippen LogP contribution in [0, 0.1) is 18.8 Å². The first kappa shape index (κ1) is 13.6. The van der Waals surface area contributed by atoms with Crippen LogP contribution in [0.25, 0.3) is 10.9 Å². The summed E-state index contributed by atoms with van der Waals surface area (Å²) < 4.78 is 0. The number of benzene rings is 1. The Balaban J connectivity index is 1.75. The number of hydrogen-bond acceptors (Lipinski definition) is 2. The van der Waals surface area contributed by atoms with Gasteiger partial charge < -0.3 is 5.32 Å². The number of fused-ring (bicyclic) bond motifs is 1. The molecule has 1 fully saturated rings. The Morgan fingerprint density at radius 1 is 1.30 bits per heavy atom. The average Bonchev–Trinajstić information content (AvgIpc) is 3.16. The van der Waals surface area contributed by atoms with Gasteiger partial charge in [-0.2, -0.15) is 0 Å². The number of aryl methyl sites for hydroxylation is 1. The van der Waals surface area contributed by atoms with Crippen molar-refractivity contribution in [2.45, 2.75) is 33.1 Å². The molecule has 0 amide bonds. The van der Waals surface area contributed by atoms with Crippen molar-refractivity contribution in [3.8, 4) is 0 Å². The van der Waals surface area contributed by atoms with Gasteiger partial charge in [0.05, 0.1) is 5.52 Å². The highest BCUT2D eigenvalue weighted by molar-refractivity contribution is 5.83. The van der Waals surface area contributed by atoms with Crippen molar-refractivity contribution < 1.29 is 0 Å². The number of rotatable bonds is 5. The Hall–Kier alpha value is -1.41. The summed E-state index contributed by atoms with van der Waals surface area (Å²) in [7, 11) is 0. The van der Waals surface area contributed by atoms with Crippen molar-refractivity contribution in [3.05, 3.63) is 41.6 Å². The zero-order valence-corrected chi connectivity index (χ0v) is 12.7. The highest BCUT2D eigenvalue weighted by Gasteiger charge is 2.38. The SMILES string of the molecule is Cc1cc(C2CC2CNCC(C)C)c2ccccc2n1. The zero-order chi connectivity index (χ0) is 14.1. The minimum atomic E-state index is 0.723. The molecule has 0 bridgehead atoms. The first-order valence-electron chi connectivity index (χ1n) is 7.72. The normalized spacial score (nSPS) is 21.6. The van der Waals surface area contributed by atoms with Crippen LogP contribution in [0.4, 0.5) is 0 Å². The molecule has 1 saturated carbocycles. The maximum absolute atomic E-state index is 4.64. The van der Waals surface area contributed by atoms with Crippen LogP contribution < -0.4 is 5.32 Å². The van der Waals surface area contributed by atoms with Crippen molar-refractivity contribution >= 4 is 10.9 Å². The van der Waals surface area contributed by atoms with Gasteiger partial charge in [-0.1, -0.05) is 32.0 Å². The highest BCUT2D eigenvalue weighted by atomic mass is 14.9. The van der Waals surface area contributed by atoms with Gasteiger partial charge in [-0.3, -0.25) is 4.98 Å². The van der Waals surface area contributed by atoms with Crippen molar-refractivity contribution in [1.29, 1.82) is 0 Å². The summed E-state index contributed by atoms with van der Waals surface area (Å²) in [5, 5.41) is 4.94.